The van der Waals surface area contributed by atoms with E-state index in [-0.39, 0.29) is 6.17 Å². The van der Waals surface area contributed by atoms with E-state index in [1.165, 1.54) is 0 Å². The van der Waals surface area contributed by atoms with Crippen molar-refractivity contribution >= 4 is 11.6 Å². The zero-order valence-corrected chi connectivity index (χ0v) is 10.8. The Morgan fingerprint density at radius 2 is 1.45 bits per heavy atom. The van der Waals surface area contributed by atoms with E-state index >= 15 is 0 Å². The second kappa shape index (κ2) is 5.88. The number of rotatable bonds is 5. The topological polar surface area (TPSA) is 65.5 Å². The number of H-pyrrole nitrogens is 2. The standard InChI is InChI=1S/C15H14N4O/c1-3-9-16-13(7-1)18-15(12-6-5-11-20-12)19-14-8-2-4-10-17-14/h1-11,15H,(H,16,18)(H,17,19)/p+2. The normalized spacial score (nSPS) is 10.4. The number of aromatic amines is 2. The van der Waals surface area contributed by atoms with E-state index in [2.05, 4.69) is 20.6 Å². The van der Waals surface area contributed by atoms with Gasteiger partial charge in [0.15, 0.2) is 5.76 Å². The molecule has 3 heterocycles. The van der Waals surface area contributed by atoms with E-state index < -0.39 is 0 Å². The minimum atomic E-state index is -0.178. The molecule has 0 unspecified atom stereocenters. The molecule has 3 aromatic rings. The molecule has 4 N–H and O–H groups in total. The highest BCUT2D eigenvalue weighted by Crippen LogP contribution is 2.18. The van der Waals surface area contributed by atoms with Crippen LogP contribution in [0.25, 0.3) is 0 Å². The van der Waals surface area contributed by atoms with Crippen molar-refractivity contribution in [3.8, 4) is 0 Å². The Morgan fingerprint density at radius 1 is 0.800 bits per heavy atom. The molecule has 100 valence electrons. The zero-order chi connectivity index (χ0) is 13.6. The molecule has 0 aliphatic carbocycles. The zero-order valence-electron chi connectivity index (χ0n) is 10.8. The highest BCUT2D eigenvalue weighted by atomic mass is 16.3. The van der Waals surface area contributed by atoms with Crippen LogP contribution < -0.4 is 20.6 Å². The quantitative estimate of drug-likeness (QED) is 0.697. The predicted octanol–water partition coefficient (Wildman–Crippen LogP) is 2.13. The van der Waals surface area contributed by atoms with Crippen LogP contribution in [0, 0.1) is 0 Å². The van der Waals surface area contributed by atoms with E-state index in [4.69, 9.17) is 4.42 Å². The van der Waals surface area contributed by atoms with Crippen molar-refractivity contribution < 1.29 is 14.4 Å². The van der Waals surface area contributed by atoms with Gasteiger partial charge in [0.1, 0.15) is 0 Å². The van der Waals surface area contributed by atoms with Crippen molar-refractivity contribution in [3.05, 3.63) is 72.9 Å². The number of pyridine rings is 2. The molecule has 0 bridgehead atoms. The molecule has 5 nitrogen and oxygen atoms in total. The molecule has 3 rings (SSSR count). The molecule has 0 amide bonds. The van der Waals surface area contributed by atoms with E-state index in [1.54, 1.807) is 6.26 Å². The van der Waals surface area contributed by atoms with Gasteiger partial charge in [-0.1, -0.05) is 12.1 Å². The summed E-state index contributed by atoms with van der Waals surface area (Å²) in [5, 5.41) is 6.70. The maximum atomic E-state index is 5.49. The fourth-order valence-electron chi connectivity index (χ4n) is 1.91. The van der Waals surface area contributed by atoms with Gasteiger partial charge in [0.25, 0.3) is 17.8 Å². The van der Waals surface area contributed by atoms with Crippen LogP contribution in [0.4, 0.5) is 11.6 Å². The van der Waals surface area contributed by atoms with Gasteiger partial charge < -0.3 is 4.42 Å². The maximum absolute atomic E-state index is 5.49. The third-order valence-electron chi connectivity index (χ3n) is 2.85. The van der Waals surface area contributed by atoms with Gasteiger partial charge in [-0.2, -0.15) is 0 Å². The minimum absolute atomic E-state index is 0.178. The molecule has 0 saturated carbocycles. The third kappa shape index (κ3) is 2.95. The molecule has 0 aliphatic rings. The molecule has 3 aromatic heterocycles. The molecule has 5 heteroatoms. The van der Waals surface area contributed by atoms with Gasteiger partial charge in [-0.15, -0.1) is 0 Å². The second-order valence-electron chi connectivity index (χ2n) is 4.29. The van der Waals surface area contributed by atoms with E-state index in [1.807, 2.05) is 60.9 Å². The molecule has 0 aromatic carbocycles. The van der Waals surface area contributed by atoms with Crippen LogP contribution in [0.15, 0.2) is 71.6 Å². The van der Waals surface area contributed by atoms with Crippen LogP contribution in [-0.2, 0) is 0 Å². The monoisotopic (exact) mass is 268 g/mol. The summed E-state index contributed by atoms with van der Waals surface area (Å²) in [5.74, 6) is 2.61. The lowest BCUT2D eigenvalue weighted by atomic mass is 10.3. The smallest absolute Gasteiger partial charge is 0.289 e. The molecule has 0 atom stereocenters. The summed E-state index contributed by atoms with van der Waals surface area (Å²) in [6.07, 6.45) is 5.23. The van der Waals surface area contributed by atoms with Crippen LogP contribution >= 0.6 is 0 Å². The Bertz CT molecular complexity index is 584. The Labute approximate surface area is 116 Å². The Kier molecular flexibility index (Phi) is 3.59. The minimum Gasteiger partial charge on any atom is -0.460 e. The molecule has 0 spiro atoms. The van der Waals surface area contributed by atoms with Crippen LogP contribution in [0.3, 0.4) is 0 Å². The number of anilines is 2. The summed E-state index contributed by atoms with van der Waals surface area (Å²) in [4.78, 5) is 6.29. The highest BCUT2D eigenvalue weighted by molar-refractivity contribution is 5.38. The Balaban J connectivity index is 1.81. The second-order valence-corrected chi connectivity index (χ2v) is 4.29. The van der Waals surface area contributed by atoms with E-state index in [0.29, 0.717) is 0 Å². The van der Waals surface area contributed by atoms with Gasteiger partial charge in [-0.25, -0.2) is 20.6 Å². The summed E-state index contributed by atoms with van der Waals surface area (Å²) < 4.78 is 5.49. The fraction of sp³-hybridized carbons (Fsp3) is 0.0667. The van der Waals surface area contributed by atoms with Crippen LogP contribution in [0.1, 0.15) is 11.9 Å². The average molecular weight is 268 g/mol. The first-order chi connectivity index (χ1) is 9.92. The van der Waals surface area contributed by atoms with E-state index in [0.717, 1.165) is 17.4 Å². The summed E-state index contributed by atoms with van der Waals surface area (Å²) in [6.45, 7) is 0. The summed E-state index contributed by atoms with van der Waals surface area (Å²) >= 11 is 0. The number of hydrogen-bond acceptors (Lipinski definition) is 3. The van der Waals surface area contributed by atoms with Gasteiger partial charge in [0.2, 0.25) is 0 Å². The Morgan fingerprint density at radius 3 is 1.90 bits per heavy atom. The highest BCUT2D eigenvalue weighted by Gasteiger charge is 2.24. The molecule has 0 saturated heterocycles. The number of aromatic nitrogens is 2. The van der Waals surface area contributed by atoms with Crippen LogP contribution in [-0.4, -0.2) is 0 Å². The lowest BCUT2D eigenvalue weighted by Gasteiger charge is -2.09. The van der Waals surface area contributed by atoms with Crippen molar-refractivity contribution in [3.63, 3.8) is 0 Å². The fourth-order valence-corrected chi connectivity index (χ4v) is 1.91. The lowest BCUT2D eigenvalue weighted by Crippen LogP contribution is -2.26. The third-order valence-corrected chi connectivity index (χ3v) is 2.85. The molecule has 0 radical (unpaired) electrons. The summed E-state index contributed by atoms with van der Waals surface area (Å²) in [7, 11) is 0. The first-order valence-corrected chi connectivity index (χ1v) is 6.42. The van der Waals surface area contributed by atoms with Crippen molar-refractivity contribution in [1.29, 1.82) is 0 Å². The summed E-state index contributed by atoms with van der Waals surface area (Å²) in [6, 6.07) is 15.5. The molecule has 20 heavy (non-hydrogen) atoms. The van der Waals surface area contributed by atoms with Gasteiger partial charge in [-0.05, 0) is 24.3 Å². The van der Waals surface area contributed by atoms with Crippen molar-refractivity contribution in [1.82, 2.24) is 0 Å². The first-order valence-electron chi connectivity index (χ1n) is 6.42. The van der Waals surface area contributed by atoms with Crippen LogP contribution in [0.5, 0.6) is 0 Å². The molecular weight excluding hydrogens is 252 g/mol. The average Bonchev–Trinajstić information content (AvgIpc) is 3.03. The van der Waals surface area contributed by atoms with Crippen molar-refractivity contribution in [2.45, 2.75) is 6.17 Å². The van der Waals surface area contributed by atoms with Gasteiger partial charge in [0, 0.05) is 12.1 Å². The lowest BCUT2D eigenvalue weighted by molar-refractivity contribution is -0.362. The van der Waals surface area contributed by atoms with Crippen molar-refractivity contribution in [2.24, 2.45) is 0 Å². The number of furan rings is 1. The predicted molar refractivity (Wildman–Crippen MR) is 74.7 cm³/mol. The number of hydrogen-bond donors (Lipinski definition) is 2. The van der Waals surface area contributed by atoms with Crippen LogP contribution in [0.2, 0.25) is 0 Å². The molecule has 0 fully saturated rings. The van der Waals surface area contributed by atoms with Crippen molar-refractivity contribution in [2.75, 3.05) is 10.6 Å². The SMILES string of the molecule is c1ccc(NC(Nc2cccc[nH+]2)c2ccco2)[nH+]c1. The van der Waals surface area contributed by atoms with Gasteiger partial charge in [-0.3, -0.25) is 0 Å². The molecule has 0 aliphatic heterocycles. The maximum Gasteiger partial charge on any atom is 0.289 e. The largest absolute Gasteiger partial charge is 0.460 e. The van der Waals surface area contributed by atoms with Gasteiger partial charge in [0.05, 0.1) is 18.7 Å². The summed E-state index contributed by atoms with van der Waals surface area (Å²) in [5.41, 5.74) is 0. The number of nitrogens with one attached hydrogen (secondary N) is 4. The Hall–Kier alpha value is -2.82. The van der Waals surface area contributed by atoms with E-state index in [9.17, 15) is 0 Å². The van der Waals surface area contributed by atoms with Gasteiger partial charge >= 0.3 is 0 Å². The molecular formula is C15H16N4O+2. The first kappa shape index (κ1) is 12.2.